The lowest BCUT2D eigenvalue weighted by Gasteiger charge is -2.04. The van der Waals surface area contributed by atoms with Crippen molar-refractivity contribution in [3.05, 3.63) is 60.2 Å². The molecule has 0 unspecified atom stereocenters. The number of allylic oxidation sites excluding steroid dienone is 2. The van der Waals surface area contributed by atoms with Crippen LogP contribution in [0.15, 0.2) is 54.6 Å². The smallest absolute Gasteiger partial charge is 0.0181 e. The van der Waals surface area contributed by atoms with Crippen molar-refractivity contribution in [3.8, 4) is 0 Å². The van der Waals surface area contributed by atoms with Gasteiger partial charge in [-0.25, -0.2) is 0 Å². The zero-order valence-electron chi connectivity index (χ0n) is 16.2. The predicted molar refractivity (Wildman–Crippen MR) is 113 cm³/mol. The normalized spacial score (nSPS) is 11.6. The molecule has 0 amide bonds. The van der Waals surface area contributed by atoms with Crippen LogP contribution in [0, 0.1) is 0 Å². The average Bonchev–Trinajstić information content (AvgIpc) is 2.65. The molecule has 0 heteroatoms. The van der Waals surface area contributed by atoms with Crippen LogP contribution in [-0.2, 0) is 6.42 Å². The van der Waals surface area contributed by atoms with E-state index in [1.54, 1.807) is 0 Å². The highest BCUT2D eigenvalue weighted by molar-refractivity contribution is 5.82. The van der Waals surface area contributed by atoms with E-state index in [0.29, 0.717) is 0 Å². The Labute approximate surface area is 155 Å². The van der Waals surface area contributed by atoms with E-state index in [1.807, 2.05) is 0 Å². The molecule has 0 aliphatic rings. The van der Waals surface area contributed by atoms with Gasteiger partial charge in [-0.15, -0.1) is 0 Å². The molecule has 2 aromatic rings. The van der Waals surface area contributed by atoms with Crippen LogP contribution in [0.25, 0.3) is 10.8 Å². The summed E-state index contributed by atoms with van der Waals surface area (Å²) < 4.78 is 0. The maximum Gasteiger partial charge on any atom is -0.0181 e. The Morgan fingerprint density at radius 3 is 2.04 bits per heavy atom. The standard InChI is InChI=1S/C25H36/c1-2-3-4-5-6-7-8-9-10-11-12-13-14-17-23-20-21-24-18-15-16-19-25(24)22-23/h5-6,15-16,18-22H,2-4,7-14,17H2,1H3/b6-5+. The van der Waals surface area contributed by atoms with E-state index in [-0.39, 0.29) is 0 Å². The van der Waals surface area contributed by atoms with Crippen LogP contribution >= 0.6 is 0 Å². The van der Waals surface area contributed by atoms with Gasteiger partial charge in [0.25, 0.3) is 0 Å². The van der Waals surface area contributed by atoms with Gasteiger partial charge >= 0.3 is 0 Å². The van der Waals surface area contributed by atoms with Crippen molar-refractivity contribution < 1.29 is 0 Å². The summed E-state index contributed by atoms with van der Waals surface area (Å²) in [7, 11) is 0. The number of aryl methyl sites for hydroxylation is 1. The van der Waals surface area contributed by atoms with E-state index >= 15 is 0 Å². The van der Waals surface area contributed by atoms with Crippen molar-refractivity contribution in [1.29, 1.82) is 0 Å². The zero-order valence-corrected chi connectivity index (χ0v) is 16.2. The fourth-order valence-corrected chi connectivity index (χ4v) is 3.43. The molecule has 0 N–H and O–H groups in total. The minimum absolute atomic E-state index is 1.23. The Bertz CT molecular complexity index is 608. The summed E-state index contributed by atoms with van der Waals surface area (Å²) in [6, 6.07) is 15.6. The Morgan fingerprint density at radius 1 is 0.640 bits per heavy atom. The Balaban J connectivity index is 1.46. The first-order chi connectivity index (χ1) is 12.4. The maximum atomic E-state index is 2.39. The van der Waals surface area contributed by atoms with Gasteiger partial charge < -0.3 is 0 Å². The third-order valence-corrected chi connectivity index (χ3v) is 5.04. The second-order valence-electron chi connectivity index (χ2n) is 7.31. The minimum atomic E-state index is 1.23. The number of unbranched alkanes of at least 4 members (excludes halogenated alkanes) is 9. The van der Waals surface area contributed by atoms with E-state index in [4.69, 9.17) is 0 Å². The largest absolute Gasteiger partial charge is 0.0885 e. The van der Waals surface area contributed by atoms with Gasteiger partial charge in [0.05, 0.1) is 0 Å². The molecule has 25 heavy (non-hydrogen) atoms. The Morgan fingerprint density at radius 2 is 1.28 bits per heavy atom. The monoisotopic (exact) mass is 336 g/mol. The number of hydrogen-bond donors (Lipinski definition) is 0. The van der Waals surface area contributed by atoms with Crippen molar-refractivity contribution in [2.75, 3.05) is 0 Å². The lowest BCUT2D eigenvalue weighted by Crippen LogP contribution is -1.87. The molecule has 0 nitrogen and oxygen atoms in total. The molecule has 0 fully saturated rings. The van der Waals surface area contributed by atoms with Crippen LogP contribution in [0.4, 0.5) is 0 Å². The SMILES string of the molecule is CCCC/C=C/CCCCCCCCCc1ccc2ccccc2c1. The number of fused-ring (bicyclic) bond motifs is 1. The van der Waals surface area contributed by atoms with E-state index in [2.05, 4.69) is 61.5 Å². The number of rotatable bonds is 13. The summed E-state index contributed by atoms with van der Waals surface area (Å²) in [6.45, 7) is 2.26. The summed E-state index contributed by atoms with van der Waals surface area (Å²) in [5.74, 6) is 0. The summed E-state index contributed by atoms with van der Waals surface area (Å²) in [6.07, 6.45) is 20.9. The summed E-state index contributed by atoms with van der Waals surface area (Å²) in [4.78, 5) is 0. The molecule has 0 aromatic heterocycles. The molecular weight excluding hydrogens is 300 g/mol. The molecule has 0 aliphatic heterocycles. The van der Waals surface area contributed by atoms with E-state index in [9.17, 15) is 0 Å². The molecule has 136 valence electrons. The summed E-state index contributed by atoms with van der Waals surface area (Å²) >= 11 is 0. The zero-order chi connectivity index (χ0) is 17.6. The van der Waals surface area contributed by atoms with Crippen molar-refractivity contribution in [2.24, 2.45) is 0 Å². The van der Waals surface area contributed by atoms with Crippen molar-refractivity contribution in [2.45, 2.75) is 84.0 Å². The van der Waals surface area contributed by atoms with Crippen LogP contribution < -0.4 is 0 Å². The maximum absolute atomic E-state index is 2.39. The molecule has 2 aromatic carbocycles. The van der Waals surface area contributed by atoms with Crippen LogP contribution in [0.5, 0.6) is 0 Å². The molecule has 0 atom stereocenters. The first-order valence-electron chi connectivity index (χ1n) is 10.5. The lowest BCUT2D eigenvalue weighted by molar-refractivity contribution is 0.581. The van der Waals surface area contributed by atoms with Crippen molar-refractivity contribution >= 4 is 10.8 Å². The second-order valence-corrected chi connectivity index (χ2v) is 7.31. The summed E-state index contributed by atoms with van der Waals surface area (Å²) in [5, 5.41) is 2.73. The molecule has 0 saturated carbocycles. The van der Waals surface area contributed by atoms with Gasteiger partial charge in [0.2, 0.25) is 0 Å². The molecule has 2 rings (SSSR count). The topological polar surface area (TPSA) is 0 Å². The van der Waals surface area contributed by atoms with Gasteiger partial charge in [-0.05, 0) is 48.4 Å². The highest BCUT2D eigenvalue weighted by Crippen LogP contribution is 2.18. The van der Waals surface area contributed by atoms with Crippen molar-refractivity contribution in [3.63, 3.8) is 0 Å². The average molecular weight is 337 g/mol. The van der Waals surface area contributed by atoms with Crippen LogP contribution in [0.1, 0.15) is 83.1 Å². The quantitative estimate of drug-likeness (QED) is 0.255. The fourth-order valence-electron chi connectivity index (χ4n) is 3.43. The predicted octanol–water partition coefficient (Wildman–Crippen LogP) is 8.25. The second kappa shape index (κ2) is 12.8. The molecule has 0 bridgehead atoms. The first-order valence-corrected chi connectivity index (χ1v) is 10.5. The third-order valence-electron chi connectivity index (χ3n) is 5.04. The van der Waals surface area contributed by atoms with E-state index < -0.39 is 0 Å². The van der Waals surface area contributed by atoms with Gasteiger partial charge in [-0.2, -0.15) is 0 Å². The van der Waals surface area contributed by atoms with Gasteiger partial charge in [-0.3, -0.25) is 0 Å². The van der Waals surface area contributed by atoms with Gasteiger partial charge in [-0.1, -0.05) is 106 Å². The molecule has 0 aliphatic carbocycles. The Hall–Kier alpha value is -1.56. The molecule has 0 saturated heterocycles. The fraction of sp³-hybridized carbons (Fsp3) is 0.520. The van der Waals surface area contributed by atoms with Gasteiger partial charge in [0.1, 0.15) is 0 Å². The number of benzene rings is 2. The van der Waals surface area contributed by atoms with Gasteiger partial charge in [0, 0.05) is 0 Å². The minimum Gasteiger partial charge on any atom is -0.0885 e. The van der Waals surface area contributed by atoms with Crippen LogP contribution in [-0.4, -0.2) is 0 Å². The third kappa shape index (κ3) is 8.38. The molecular formula is C25H36. The van der Waals surface area contributed by atoms with E-state index in [0.717, 1.165) is 0 Å². The highest BCUT2D eigenvalue weighted by atomic mass is 14.0. The van der Waals surface area contributed by atoms with Crippen LogP contribution in [0.2, 0.25) is 0 Å². The Kier molecular flexibility index (Phi) is 10.1. The van der Waals surface area contributed by atoms with Crippen molar-refractivity contribution in [1.82, 2.24) is 0 Å². The van der Waals surface area contributed by atoms with Crippen LogP contribution in [0.3, 0.4) is 0 Å². The first kappa shape index (κ1) is 19.8. The lowest BCUT2D eigenvalue weighted by atomic mass is 10.0. The highest BCUT2D eigenvalue weighted by Gasteiger charge is 1.97. The molecule has 0 heterocycles. The van der Waals surface area contributed by atoms with E-state index in [1.165, 1.54) is 93.4 Å². The molecule has 0 spiro atoms. The molecule has 0 radical (unpaired) electrons. The number of hydrogen-bond acceptors (Lipinski definition) is 0. The summed E-state index contributed by atoms with van der Waals surface area (Å²) in [5.41, 5.74) is 1.49. The van der Waals surface area contributed by atoms with Gasteiger partial charge in [0.15, 0.2) is 0 Å².